The molecule has 4 nitrogen and oxygen atoms in total. The van der Waals surface area contributed by atoms with Crippen LogP contribution in [0.2, 0.25) is 0 Å². The number of pyridine rings is 1. The molecule has 1 aromatic heterocycles. The number of fused-ring (bicyclic) bond motifs is 2. The van der Waals surface area contributed by atoms with E-state index < -0.39 is 0 Å². The smallest absolute Gasteiger partial charge is 0.123 e. The van der Waals surface area contributed by atoms with Crippen LogP contribution in [0.3, 0.4) is 0 Å². The molecule has 0 amide bonds. The van der Waals surface area contributed by atoms with E-state index in [1.807, 2.05) is 24.5 Å². The number of hydrogen-bond donors (Lipinski definition) is 3. The van der Waals surface area contributed by atoms with Crippen LogP contribution in [0.4, 0.5) is 17.1 Å². The van der Waals surface area contributed by atoms with Gasteiger partial charge < -0.3 is 16.0 Å². The summed E-state index contributed by atoms with van der Waals surface area (Å²) in [5.74, 6) is 0. The number of anilines is 3. The molecule has 3 heterocycles. The Kier molecular flexibility index (Phi) is 2.25. The Morgan fingerprint density at radius 3 is 2.50 bits per heavy atom. The zero-order chi connectivity index (χ0) is 13.7. The van der Waals surface area contributed by atoms with Crippen molar-refractivity contribution in [2.24, 2.45) is 0 Å². The Balaban J connectivity index is 1.70. The average molecular weight is 266 g/mol. The molecule has 0 radical (unpaired) electrons. The van der Waals surface area contributed by atoms with Gasteiger partial charge in [-0.1, -0.05) is 13.8 Å². The van der Waals surface area contributed by atoms with E-state index in [0.717, 1.165) is 12.2 Å². The fraction of sp³-hybridized carbons (Fsp3) is 0.312. The normalized spacial score (nSPS) is 21.4. The number of nitrogens with zero attached hydrogens (tertiary/aromatic N) is 1. The average Bonchev–Trinajstić information content (AvgIpc) is 2.99. The van der Waals surface area contributed by atoms with Crippen molar-refractivity contribution in [3.8, 4) is 0 Å². The lowest BCUT2D eigenvalue weighted by Crippen LogP contribution is -2.19. The standard InChI is InChI=1S/C16H18N4/c1-16(2)9-18-12-8-14-13(7-11(12)16)19-15(20-14)10-3-5-17-6-4-10/h3-8,15,18-20H,9H2,1-2H3. The van der Waals surface area contributed by atoms with Gasteiger partial charge in [0.25, 0.3) is 0 Å². The SMILES string of the molecule is CC1(C)CNc2cc3c(cc21)NC(c1ccncc1)N3. The van der Waals surface area contributed by atoms with Gasteiger partial charge in [0.1, 0.15) is 6.17 Å². The van der Waals surface area contributed by atoms with Gasteiger partial charge in [0.05, 0.1) is 11.4 Å². The van der Waals surface area contributed by atoms with Crippen molar-refractivity contribution in [2.45, 2.75) is 25.4 Å². The zero-order valence-corrected chi connectivity index (χ0v) is 11.7. The molecule has 0 bridgehead atoms. The molecule has 1 atom stereocenters. The highest BCUT2D eigenvalue weighted by Crippen LogP contribution is 2.44. The van der Waals surface area contributed by atoms with Crippen molar-refractivity contribution >= 4 is 17.1 Å². The van der Waals surface area contributed by atoms with Gasteiger partial charge in [-0.3, -0.25) is 4.98 Å². The van der Waals surface area contributed by atoms with Crippen molar-refractivity contribution in [3.63, 3.8) is 0 Å². The van der Waals surface area contributed by atoms with E-state index in [-0.39, 0.29) is 11.6 Å². The maximum Gasteiger partial charge on any atom is 0.123 e. The molecule has 3 N–H and O–H groups in total. The van der Waals surface area contributed by atoms with Crippen LogP contribution in [0.1, 0.15) is 31.1 Å². The van der Waals surface area contributed by atoms with Crippen molar-refractivity contribution in [3.05, 3.63) is 47.8 Å². The minimum absolute atomic E-state index is 0.124. The van der Waals surface area contributed by atoms with E-state index in [1.165, 1.54) is 22.5 Å². The van der Waals surface area contributed by atoms with Crippen LogP contribution >= 0.6 is 0 Å². The van der Waals surface area contributed by atoms with Crippen LogP contribution < -0.4 is 16.0 Å². The summed E-state index contributed by atoms with van der Waals surface area (Å²) in [5.41, 5.74) is 6.38. The molecule has 20 heavy (non-hydrogen) atoms. The second-order valence-corrected chi connectivity index (χ2v) is 6.18. The molecule has 0 spiro atoms. The maximum atomic E-state index is 4.07. The lowest BCUT2D eigenvalue weighted by molar-refractivity contribution is 0.586. The molecule has 0 saturated heterocycles. The minimum atomic E-state index is 0.124. The lowest BCUT2D eigenvalue weighted by Gasteiger charge is -2.17. The Morgan fingerprint density at radius 1 is 1.05 bits per heavy atom. The van der Waals surface area contributed by atoms with Gasteiger partial charge in [0, 0.05) is 30.0 Å². The lowest BCUT2D eigenvalue weighted by atomic mass is 9.86. The third-order valence-electron chi connectivity index (χ3n) is 4.25. The van der Waals surface area contributed by atoms with Crippen molar-refractivity contribution in [1.29, 1.82) is 0 Å². The Bertz CT molecular complexity index is 664. The first-order chi connectivity index (χ1) is 9.63. The molecule has 4 heteroatoms. The second-order valence-electron chi connectivity index (χ2n) is 6.18. The first kappa shape index (κ1) is 11.6. The highest BCUT2D eigenvalue weighted by atomic mass is 15.2. The van der Waals surface area contributed by atoms with E-state index in [9.17, 15) is 0 Å². The summed E-state index contributed by atoms with van der Waals surface area (Å²) in [5, 5.41) is 10.6. The summed E-state index contributed by atoms with van der Waals surface area (Å²) in [6.07, 6.45) is 3.78. The van der Waals surface area contributed by atoms with Gasteiger partial charge in [-0.05, 0) is 35.4 Å². The number of nitrogens with one attached hydrogen (secondary N) is 3. The van der Waals surface area contributed by atoms with E-state index in [4.69, 9.17) is 0 Å². The zero-order valence-electron chi connectivity index (χ0n) is 11.7. The molecule has 4 rings (SSSR count). The minimum Gasteiger partial charge on any atom is -0.384 e. The van der Waals surface area contributed by atoms with Crippen LogP contribution in [0.15, 0.2) is 36.7 Å². The summed E-state index contributed by atoms with van der Waals surface area (Å²) in [4.78, 5) is 4.07. The third-order valence-corrected chi connectivity index (χ3v) is 4.25. The number of benzene rings is 1. The molecule has 1 aromatic carbocycles. The topological polar surface area (TPSA) is 49.0 Å². The quantitative estimate of drug-likeness (QED) is 0.741. The predicted molar refractivity (Wildman–Crippen MR) is 82.2 cm³/mol. The molecule has 2 aromatic rings. The van der Waals surface area contributed by atoms with Crippen LogP contribution in [-0.2, 0) is 5.41 Å². The molecular weight excluding hydrogens is 248 g/mol. The largest absolute Gasteiger partial charge is 0.384 e. The van der Waals surface area contributed by atoms with Gasteiger partial charge in [0.15, 0.2) is 0 Å². The van der Waals surface area contributed by atoms with E-state index in [0.29, 0.717) is 0 Å². The number of rotatable bonds is 1. The molecule has 0 aliphatic carbocycles. The molecule has 2 aliphatic rings. The number of hydrogen-bond acceptors (Lipinski definition) is 4. The summed E-state index contributed by atoms with van der Waals surface area (Å²) in [7, 11) is 0. The second kappa shape index (κ2) is 3.88. The van der Waals surface area contributed by atoms with Gasteiger partial charge in [-0.15, -0.1) is 0 Å². The van der Waals surface area contributed by atoms with E-state index >= 15 is 0 Å². The first-order valence-corrected chi connectivity index (χ1v) is 6.99. The first-order valence-electron chi connectivity index (χ1n) is 6.99. The van der Waals surface area contributed by atoms with Gasteiger partial charge in [-0.25, -0.2) is 0 Å². The maximum absolute atomic E-state index is 4.07. The molecule has 0 saturated carbocycles. The van der Waals surface area contributed by atoms with E-state index in [2.05, 4.69) is 46.9 Å². The molecular formula is C16H18N4. The summed E-state index contributed by atoms with van der Waals surface area (Å²) < 4.78 is 0. The molecule has 2 aliphatic heterocycles. The number of aromatic nitrogens is 1. The van der Waals surface area contributed by atoms with Crippen LogP contribution in [-0.4, -0.2) is 11.5 Å². The Labute approximate surface area is 118 Å². The highest BCUT2D eigenvalue weighted by molar-refractivity contribution is 5.82. The van der Waals surface area contributed by atoms with Crippen LogP contribution in [0.5, 0.6) is 0 Å². The predicted octanol–water partition coefficient (Wildman–Crippen LogP) is 3.32. The molecule has 0 fully saturated rings. The fourth-order valence-electron chi connectivity index (χ4n) is 3.03. The fourth-order valence-corrected chi connectivity index (χ4v) is 3.03. The Morgan fingerprint density at radius 2 is 1.75 bits per heavy atom. The van der Waals surface area contributed by atoms with E-state index in [1.54, 1.807) is 0 Å². The third kappa shape index (κ3) is 1.64. The molecule has 1 unspecified atom stereocenters. The van der Waals surface area contributed by atoms with Crippen molar-refractivity contribution < 1.29 is 0 Å². The van der Waals surface area contributed by atoms with Crippen LogP contribution in [0, 0.1) is 0 Å². The summed E-state index contributed by atoms with van der Waals surface area (Å²) >= 11 is 0. The Hall–Kier alpha value is -2.23. The highest BCUT2D eigenvalue weighted by Gasteiger charge is 2.32. The van der Waals surface area contributed by atoms with Crippen molar-refractivity contribution in [2.75, 3.05) is 22.5 Å². The monoisotopic (exact) mass is 266 g/mol. The van der Waals surface area contributed by atoms with Crippen molar-refractivity contribution in [1.82, 2.24) is 4.98 Å². The summed E-state index contributed by atoms with van der Waals surface area (Å²) in [6, 6.07) is 8.56. The van der Waals surface area contributed by atoms with Gasteiger partial charge in [-0.2, -0.15) is 0 Å². The van der Waals surface area contributed by atoms with Gasteiger partial charge in [0.2, 0.25) is 0 Å². The van der Waals surface area contributed by atoms with Gasteiger partial charge >= 0.3 is 0 Å². The molecule has 102 valence electrons. The summed E-state index contributed by atoms with van der Waals surface area (Å²) in [6.45, 7) is 5.56. The van der Waals surface area contributed by atoms with Crippen LogP contribution in [0.25, 0.3) is 0 Å².